The van der Waals surface area contributed by atoms with E-state index < -0.39 is 0 Å². The highest BCUT2D eigenvalue weighted by Gasteiger charge is 2.17. The fraction of sp³-hybridized carbons (Fsp3) is 0.250. The molecule has 2 aromatic carbocycles. The summed E-state index contributed by atoms with van der Waals surface area (Å²) < 4.78 is 15.9. The van der Waals surface area contributed by atoms with E-state index in [0.29, 0.717) is 23.2 Å². The highest BCUT2D eigenvalue weighted by atomic mass is 79.9. The van der Waals surface area contributed by atoms with Crippen LogP contribution in [-0.2, 0) is 17.9 Å². The number of nitrogens with zero attached hydrogens (tertiary/aromatic N) is 3. The topological polar surface area (TPSA) is 55.2 Å². The number of hydrogen-bond donors (Lipinski definition) is 0. The molecule has 0 unspecified atom stereocenters. The first-order valence-electron chi connectivity index (χ1n) is 8.59. The second kappa shape index (κ2) is 8.00. The highest BCUT2D eigenvalue weighted by molar-refractivity contribution is 9.10. The van der Waals surface area contributed by atoms with Crippen LogP contribution in [0.2, 0.25) is 0 Å². The van der Waals surface area contributed by atoms with Gasteiger partial charge in [0.2, 0.25) is 5.91 Å². The molecular formula is C20H19BrFN3O2. The molecule has 0 aliphatic rings. The lowest BCUT2D eigenvalue weighted by molar-refractivity contribution is -0.132. The van der Waals surface area contributed by atoms with Crippen LogP contribution < -0.4 is 5.56 Å². The lowest BCUT2D eigenvalue weighted by Crippen LogP contribution is -2.37. The number of benzene rings is 2. The first kappa shape index (κ1) is 19.2. The number of aromatic nitrogens is 2. The van der Waals surface area contributed by atoms with Crippen molar-refractivity contribution in [2.75, 3.05) is 6.54 Å². The molecule has 1 aromatic heterocycles. The van der Waals surface area contributed by atoms with Crippen molar-refractivity contribution < 1.29 is 9.18 Å². The van der Waals surface area contributed by atoms with E-state index in [1.165, 1.54) is 15.6 Å². The minimum atomic E-state index is -0.374. The third kappa shape index (κ3) is 4.08. The SMILES string of the molecule is CCN(Cc1cc(Br)ccc1F)C(=O)Cn1nc(C)c2ccccc2c1=O. The molecule has 0 aliphatic heterocycles. The molecule has 0 spiro atoms. The molecule has 5 nitrogen and oxygen atoms in total. The molecule has 0 aliphatic carbocycles. The molecule has 3 aromatic rings. The van der Waals surface area contributed by atoms with Crippen LogP contribution >= 0.6 is 15.9 Å². The molecule has 140 valence electrons. The van der Waals surface area contributed by atoms with Crippen LogP contribution in [-0.4, -0.2) is 27.1 Å². The summed E-state index contributed by atoms with van der Waals surface area (Å²) in [4.78, 5) is 26.9. The van der Waals surface area contributed by atoms with Crippen LogP contribution in [0.1, 0.15) is 18.2 Å². The van der Waals surface area contributed by atoms with Crippen LogP contribution in [0.4, 0.5) is 4.39 Å². The number of halogens is 2. The Labute approximate surface area is 164 Å². The van der Waals surface area contributed by atoms with E-state index in [0.717, 1.165) is 9.86 Å². The van der Waals surface area contributed by atoms with Crippen molar-refractivity contribution in [1.29, 1.82) is 0 Å². The van der Waals surface area contributed by atoms with Gasteiger partial charge in [-0.25, -0.2) is 9.07 Å². The zero-order valence-electron chi connectivity index (χ0n) is 15.1. The van der Waals surface area contributed by atoms with E-state index in [1.54, 1.807) is 31.2 Å². The Kier molecular flexibility index (Phi) is 5.70. The van der Waals surface area contributed by atoms with Crippen molar-refractivity contribution in [3.05, 3.63) is 74.4 Å². The van der Waals surface area contributed by atoms with E-state index in [-0.39, 0.29) is 30.4 Å². The van der Waals surface area contributed by atoms with Crippen LogP contribution in [0.5, 0.6) is 0 Å². The lowest BCUT2D eigenvalue weighted by Gasteiger charge is -2.22. The van der Waals surface area contributed by atoms with Crippen molar-refractivity contribution in [1.82, 2.24) is 14.7 Å². The Hall–Kier alpha value is -2.54. The molecule has 0 saturated carbocycles. The number of fused-ring (bicyclic) bond motifs is 1. The van der Waals surface area contributed by atoms with Crippen molar-refractivity contribution in [3.63, 3.8) is 0 Å². The maximum Gasteiger partial charge on any atom is 0.275 e. The molecule has 1 heterocycles. The van der Waals surface area contributed by atoms with Gasteiger partial charge in [-0.1, -0.05) is 34.1 Å². The summed E-state index contributed by atoms with van der Waals surface area (Å²) in [6, 6.07) is 11.8. The van der Waals surface area contributed by atoms with Crippen LogP contribution in [0.3, 0.4) is 0 Å². The van der Waals surface area contributed by atoms with Gasteiger partial charge in [-0.3, -0.25) is 9.59 Å². The maximum atomic E-state index is 14.0. The van der Waals surface area contributed by atoms with Gasteiger partial charge in [-0.2, -0.15) is 5.10 Å². The third-order valence-electron chi connectivity index (χ3n) is 4.44. The summed E-state index contributed by atoms with van der Waals surface area (Å²) >= 11 is 3.31. The maximum absolute atomic E-state index is 14.0. The van der Waals surface area contributed by atoms with Crippen molar-refractivity contribution in [2.24, 2.45) is 0 Å². The quantitative estimate of drug-likeness (QED) is 0.619. The van der Waals surface area contributed by atoms with E-state index in [1.807, 2.05) is 19.1 Å². The summed E-state index contributed by atoms with van der Waals surface area (Å²) in [5.74, 6) is -0.664. The van der Waals surface area contributed by atoms with E-state index >= 15 is 0 Å². The Morgan fingerprint density at radius 3 is 2.63 bits per heavy atom. The van der Waals surface area contributed by atoms with Crippen LogP contribution in [0, 0.1) is 12.7 Å². The van der Waals surface area contributed by atoms with Gasteiger partial charge < -0.3 is 4.90 Å². The Balaban J connectivity index is 1.87. The highest BCUT2D eigenvalue weighted by Crippen LogP contribution is 2.17. The third-order valence-corrected chi connectivity index (χ3v) is 4.93. The van der Waals surface area contributed by atoms with Gasteiger partial charge in [0.1, 0.15) is 12.4 Å². The number of hydrogen-bond acceptors (Lipinski definition) is 3. The first-order valence-corrected chi connectivity index (χ1v) is 9.38. The fourth-order valence-corrected chi connectivity index (χ4v) is 3.39. The van der Waals surface area contributed by atoms with Gasteiger partial charge in [0.05, 0.1) is 11.1 Å². The number of carbonyl (C=O) groups is 1. The summed E-state index contributed by atoms with van der Waals surface area (Å²) in [5.41, 5.74) is 0.780. The zero-order chi connectivity index (χ0) is 19.6. The Bertz CT molecular complexity index is 1060. The molecule has 0 atom stereocenters. The van der Waals surface area contributed by atoms with Gasteiger partial charge in [0.25, 0.3) is 5.56 Å². The average Bonchev–Trinajstić information content (AvgIpc) is 2.66. The second-order valence-electron chi connectivity index (χ2n) is 6.24. The molecule has 0 fully saturated rings. The van der Waals surface area contributed by atoms with Crippen LogP contribution in [0.25, 0.3) is 10.8 Å². The molecule has 0 bridgehead atoms. The van der Waals surface area contributed by atoms with E-state index in [4.69, 9.17) is 0 Å². The smallest absolute Gasteiger partial charge is 0.275 e. The van der Waals surface area contributed by atoms with Gasteiger partial charge in [0.15, 0.2) is 0 Å². The first-order chi connectivity index (χ1) is 12.9. The summed E-state index contributed by atoms with van der Waals surface area (Å²) in [7, 11) is 0. The summed E-state index contributed by atoms with van der Waals surface area (Å²) in [6.07, 6.45) is 0. The number of likely N-dealkylation sites (N-methyl/N-ethyl adjacent to an activating group) is 1. The molecule has 27 heavy (non-hydrogen) atoms. The minimum Gasteiger partial charge on any atom is -0.337 e. The van der Waals surface area contributed by atoms with Gasteiger partial charge in [-0.15, -0.1) is 0 Å². The van der Waals surface area contributed by atoms with Crippen molar-refractivity contribution in [3.8, 4) is 0 Å². The number of carbonyl (C=O) groups excluding carboxylic acids is 1. The Morgan fingerprint density at radius 1 is 1.22 bits per heavy atom. The molecule has 0 saturated heterocycles. The number of amides is 1. The predicted octanol–water partition coefficient (Wildman–Crippen LogP) is 3.66. The fourth-order valence-electron chi connectivity index (χ4n) is 2.99. The standard InChI is InChI=1S/C20H19BrFN3O2/c1-3-24(11-14-10-15(21)8-9-18(14)22)19(26)12-25-20(27)17-7-5-4-6-16(17)13(2)23-25/h4-10H,3,11-12H2,1-2H3. The largest absolute Gasteiger partial charge is 0.337 e. The van der Waals surface area contributed by atoms with Gasteiger partial charge in [0, 0.05) is 28.5 Å². The van der Waals surface area contributed by atoms with E-state index in [9.17, 15) is 14.0 Å². The van der Waals surface area contributed by atoms with Crippen molar-refractivity contribution >= 4 is 32.6 Å². The number of rotatable bonds is 5. The molecule has 0 N–H and O–H groups in total. The second-order valence-corrected chi connectivity index (χ2v) is 7.15. The number of aryl methyl sites for hydroxylation is 1. The molecular weight excluding hydrogens is 413 g/mol. The summed E-state index contributed by atoms with van der Waals surface area (Å²) in [5, 5.41) is 5.57. The average molecular weight is 432 g/mol. The predicted molar refractivity (Wildman–Crippen MR) is 106 cm³/mol. The van der Waals surface area contributed by atoms with Crippen LogP contribution in [0.15, 0.2) is 51.7 Å². The van der Waals surface area contributed by atoms with E-state index in [2.05, 4.69) is 21.0 Å². The molecule has 1 amide bonds. The minimum absolute atomic E-state index is 0.127. The molecule has 7 heteroatoms. The molecule has 0 radical (unpaired) electrons. The van der Waals surface area contributed by atoms with Crippen molar-refractivity contribution in [2.45, 2.75) is 26.9 Å². The van der Waals surface area contributed by atoms with Gasteiger partial charge >= 0.3 is 0 Å². The lowest BCUT2D eigenvalue weighted by atomic mass is 10.1. The Morgan fingerprint density at radius 2 is 1.93 bits per heavy atom. The van der Waals surface area contributed by atoms with Gasteiger partial charge in [-0.05, 0) is 38.1 Å². The normalized spacial score (nSPS) is 11.0. The molecule has 3 rings (SSSR count). The summed E-state index contributed by atoms with van der Waals surface area (Å²) in [6.45, 7) is 3.95. The monoisotopic (exact) mass is 431 g/mol. The zero-order valence-corrected chi connectivity index (χ0v) is 16.7.